The summed E-state index contributed by atoms with van der Waals surface area (Å²) in [5, 5.41) is 4.51. The fourth-order valence-electron chi connectivity index (χ4n) is 2.16. The zero-order chi connectivity index (χ0) is 12.1. The number of nitrogens with one attached hydrogen (secondary N) is 1. The number of aromatic nitrogens is 1. The van der Waals surface area contributed by atoms with Crippen molar-refractivity contribution in [3.63, 3.8) is 0 Å². The Morgan fingerprint density at radius 3 is 3.06 bits per heavy atom. The molecule has 17 heavy (non-hydrogen) atoms. The summed E-state index contributed by atoms with van der Waals surface area (Å²) in [6.45, 7) is 0. The molecule has 1 aromatic rings. The first-order valence-electron chi connectivity index (χ1n) is 5.80. The van der Waals surface area contributed by atoms with Crippen molar-refractivity contribution in [1.29, 1.82) is 0 Å². The van der Waals surface area contributed by atoms with E-state index in [1.54, 1.807) is 0 Å². The monoisotopic (exact) mass is 248 g/mol. The Morgan fingerprint density at radius 1 is 1.47 bits per heavy atom. The Kier molecular flexibility index (Phi) is 4.03. The third-order valence-electron chi connectivity index (χ3n) is 2.93. The van der Waals surface area contributed by atoms with Crippen LogP contribution < -0.4 is 11.2 Å². The normalized spacial score (nSPS) is 22.4. The van der Waals surface area contributed by atoms with E-state index in [-0.39, 0.29) is 5.11 Å². The van der Waals surface area contributed by atoms with E-state index in [1.165, 1.54) is 12.8 Å². The lowest BCUT2D eigenvalue weighted by Gasteiger charge is -2.23. The highest BCUT2D eigenvalue weighted by Crippen LogP contribution is 2.29. The number of pyridine rings is 1. The smallest absolute Gasteiger partial charge is 0.184 e. The van der Waals surface area contributed by atoms with Crippen molar-refractivity contribution < 1.29 is 0 Å². The summed E-state index contributed by atoms with van der Waals surface area (Å²) in [7, 11) is 0. The van der Waals surface area contributed by atoms with E-state index in [4.69, 9.17) is 18.0 Å². The molecule has 1 fully saturated rings. The van der Waals surface area contributed by atoms with Crippen molar-refractivity contribution in [1.82, 2.24) is 10.4 Å². The Hall–Kier alpha value is -1.49. The Bertz CT molecular complexity index is 416. The molecule has 0 radical (unpaired) electrons. The summed E-state index contributed by atoms with van der Waals surface area (Å²) in [6.07, 6.45) is 6.28. The van der Waals surface area contributed by atoms with Crippen molar-refractivity contribution in [3.05, 3.63) is 30.1 Å². The molecule has 0 aromatic carbocycles. The molecule has 1 aliphatic carbocycles. The largest absolute Gasteiger partial charge is 0.375 e. The number of nitrogens with zero attached hydrogens (tertiary/aromatic N) is 2. The zero-order valence-electron chi connectivity index (χ0n) is 9.60. The van der Waals surface area contributed by atoms with Gasteiger partial charge in [0.15, 0.2) is 5.11 Å². The van der Waals surface area contributed by atoms with Crippen LogP contribution in [0.4, 0.5) is 0 Å². The van der Waals surface area contributed by atoms with Gasteiger partial charge in [0, 0.05) is 23.5 Å². The van der Waals surface area contributed by atoms with E-state index in [1.807, 2.05) is 24.4 Å². The van der Waals surface area contributed by atoms with E-state index in [9.17, 15) is 0 Å². The van der Waals surface area contributed by atoms with Crippen LogP contribution in [0.15, 0.2) is 29.5 Å². The summed E-state index contributed by atoms with van der Waals surface area (Å²) in [6, 6.07) is 5.98. The molecule has 1 aliphatic rings. The van der Waals surface area contributed by atoms with Crippen LogP contribution in [0.1, 0.15) is 37.3 Å². The summed E-state index contributed by atoms with van der Waals surface area (Å²) < 4.78 is 0. The molecular formula is C12H16N4S. The van der Waals surface area contributed by atoms with Crippen LogP contribution in [0, 0.1) is 0 Å². The molecular weight excluding hydrogens is 232 g/mol. The van der Waals surface area contributed by atoms with Crippen molar-refractivity contribution in [2.24, 2.45) is 10.8 Å². The van der Waals surface area contributed by atoms with Crippen LogP contribution in [-0.2, 0) is 0 Å². The number of hydrogen-bond donors (Lipinski definition) is 2. The van der Waals surface area contributed by atoms with E-state index >= 15 is 0 Å². The molecule has 0 bridgehead atoms. The van der Waals surface area contributed by atoms with E-state index in [0.29, 0.717) is 5.92 Å². The van der Waals surface area contributed by atoms with Crippen molar-refractivity contribution >= 4 is 23.0 Å². The van der Waals surface area contributed by atoms with Gasteiger partial charge in [-0.15, -0.1) is 0 Å². The van der Waals surface area contributed by atoms with E-state index < -0.39 is 0 Å². The number of thiocarbonyl (C=S) groups is 1. The fraction of sp³-hybridized carbons (Fsp3) is 0.417. The number of hydrazone groups is 1. The summed E-state index contributed by atoms with van der Waals surface area (Å²) >= 11 is 4.76. The van der Waals surface area contributed by atoms with Crippen LogP contribution in [0.25, 0.3) is 0 Å². The minimum atomic E-state index is 0.211. The molecule has 0 spiro atoms. The average molecular weight is 248 g/mol. The maximum atomic E-state index is 5.39. The molecule has 1 atom stereocenters. The Labute approximate surface area is 106 Å². The average Bonchev–Trinajstić information content (AvgIpc) is 2.38. The lowest BCUT2D eigenvalue weighted by molar-refractivity contribution is 0.599. The summed E-state index contributed by atoms with van der Waals surface area (Å²) in [5.41, 5.74) is 10.3. The molecule has 1 unspecified atom stereocenters. The zero-order valence-corrected chi connectivity index (χ0v) is 10.4. The third-order valence-corrected chi connectivity index (χ3v) is 3.02. The molecule has 3 N–H and O–H groups in total. The second-order valence-electron chi connectivity index (χ2n) is 4.13. The lowest BCUT2D eigenvalue weighted by atomic mass is 9.85. The highest BCUT2D eigenvalue weighted by Gasteiger charge is 2.23. The van der Waals surface area contributed by atoms with E-state index in [2.05, 4.69) is 15.5 Å². The topological polar surface area (TPSA) is 63.3 Å². The number of nitrogens with two attached hydrogens (primary N) is 1. The summed E-state index contributed by atoms with van der Waals surface area (Å²) in [4.78, 5) is 4.41. The predicted octanol–water partition coefficient (Wildman–Crippen LogP) is 1.93. The summed E-state index contributed by atoms with van der Waals surface area (Å²) in [5.74, 6) is 0.298. The maximum Gasteiger partial charge on any atom is 0.184 e. The van der Waals surface area contributed by atoms with Gasteiger partial charge in [0.2, 0.25) is 0 Å². The maximum absolute atomic E-state index is 5.39. The molecule has 0 saturated heterocycles. The van der Waals surface area contributed by atoms with Gasteiger partial charge in [-0.3, -0.25) is 10.4 Å². The Morgan fingerprint density at radius 2 is 2.35 bits per heavy atom. The molecule has 0 aliphatic heterocycles. The van der Waals surface area contributed by atoms with Gasteiger partial charge in [0.25, 0.3) is 0 Å². The molecule has 4 nitrogen and oxygen atoms in total. The molecule has 0 amide bonds. The second-order valence-corrected chi connectivity index (χ2v) is 4.57. The van der Waals surface area contributed by atoms with Gasteiger partial charge in [-0.1, -0.05) is 12.5 Å². The van der Waals surface area contributed by atoms with Crippen LogP contribution in [-0.4, -0.2) is 15.8 Å². The molecule has 1 heterocycles. The minimum absolute atomic E-state index is 0.211. The lowest BCUT2D eigenvalue weighted by Crippen LogP contribution is -2.28. The quantitative estimate of drug-likeness (QED) is 0.620. The first kappa shape index (κ1) is 12.0. The van der Waals surface area contributed by atoms with E-state index in [0.717, 1.165) is 24.2 Å². The standard InChI is InChI=1S/C12H16N4S/c13-12(17)16-15-11-7-2-1-5-9(11)10-6-3-4-8-14-10/h3-4,6,8-9H,1-2,5,7H2,(H3,13,16,17)/b15-11-. The van der Waals surface area contributed by atoms with Gasteiger partial charge in [-0.05, 0) is 43.6 Å². The van der Waals surface area contributed by atoms with Gasteiger partial charge in [-0.25, -0.2) is 0 Å². The first-order chi connectivity index (χ1) is 8.27. The second kappa shape index (κ2) is 5.72. The van der Waals surface area contributed by atoms with Gasteiger partial charge in [0.05, 0.1) is 0 Å². The Balaban J connectivity index is 2.18. The minimum Gasteiger partial charge on any atom is -0.375 e. The highest BCUT2D eigenvalue weighted by atomic mass is 32.1. The number of hydrogen-bond acceptors (Lipinski definition) is 3. The van der Waals surface area contributed by atoms with Crippen molar-refractivity contribution in [2.75, 3.05) is 0 Å². The van der Waals surface area contributed by atoms with Gasteiger partial charge in [-0.2, -0.15) is 5.10 Å². The molecule has 1 saturated carbocycles. The molecule has 2 rings (SSSR count). The van der Waals surface area contributed by atoms with Crippen molar-refractivity contribution in [3.8, 4) is 0 Å². The fourth-order valence-corrected chi connectivity index (χ4v) is 2.20. The van der Waals surface area contributed by atoms with Crippen LogP contribution in [0.3, 0.4) is 0 Å². The van der Waals surface area contributed by atoms with Gasteiger partial charge < -0.3 is 5.73 Å². The van der Waals surface area contributed by atoms with Crippen LogP contribution in [0.2, 0.25) is 0 Å². The third kappa shape index (κ3) is 3.23. The number of rotatable bonds is 2. The van der Waals surface area contributed by atoms with Gasteiger partial charge in [0.1, 0.15) is 0 Å². The first-order valence-corrected chi connectivity index (χ1v) is 6.21. The van der Waals surface area contributed by atoms with Gasteiger partial charge >= 0.3 is 0 Å². The van der Waals surface area contributed by atoms with Crippen LogP contribution in [0.5, 0.6) is 0 Å². The SMILES string of the molecule is NC(=S)N/N=C1/CCCCC1c1ccccn1. The molecule has 5 heteroatoms. The molecule has 90 valence electrons. The van der Waals surface area contributed by atoms with Crippen LogP contribution >= 0.6 is 12.2 Å². The van der Waals surface area contributed by atoms with Crippen molar-refractivity contribution in [2.45, 2.75) is 31.6 Å². The predicted molar refractivity (Wildman–Crippen MR) is 72.8 cm³/mol. The molecule has 1 aromatic heterocycles. The highest BCUT2D eigenvalue weighted by molar-refractivity contribution is 7.80.